The number of hydrogen-bond donors (Lipinski definition) is 2. The third-order valence-electron chi connectivity index (χ3n) is 4.68. The molecule has 0 spiro atoms. The van der Waals surface area contributed by atoms with Crippen LogP contribution in [0, 0.1) is 0 Å². The van der Waals surface area contributed by atoms with Crippen LogP contribution in [0.25, 0.3) is 0 Å². The molecular weight excluding hydrogens is 262 g/mol. The first-order valence-electron chi connectivity index (χ1n) is 7.60. The third-order valence-corrected chi connectivity index (χ3v) is 4.68. The van der Waals surface area contributed by atoms with Gasteiger partial charge in [-0.1, -0.05) is 44.2 Å². The highest BCUT2D eigenvalue weighted by molar-refractivity contribution is 5.34. The molecule has 21 heavy (non-hydrogen) atoms. The smallest absolute Gasteiger partial charge is 0.255 e. The summed E-state index contributed by atoms with van der Waals surface area (Å²) in [4.78, 5) is 20.1. The average Bonchev–Trinajstić information content (AvgIpc) is 2.99. The summed E-state index contributed by atoms with van der Waals surface area (Å²) in [5.41, 5.74) is 2.67. The summed E-state index contributed by atoms with van der Waals surface area (Å²) in [6.07, 6.45) is 1.81. The van der Waals surface area contributed by atoms with Gasteiger partial charge in [0.05, 0.1) is 16.7 Å². The van der Waals surface area contributed by atoms with Gasteiger partial charge in [0.25, 0.3) is 5.56 Å². The van der Waals surface area contributed by atoms with Crippen molar-refractivity contribution in [2.75, 3.05) is 0 Å². The van der Waals surface area contributed by atoms with Gasteiger partial charge < -0.3 is 10.3 Å². The molecule has 0 saturated carbocycles. The van der Waals surface area contributed by atoms with Crippen LogP contribution >= 0.6 is 0 Å². The van der Waals surface area contributed by atoms with Crippen LogP contribution in [-0.2, 0) is 18.5 Å². The molecule has 110 valence electrons. The van der Waals surface area contributed by atoms with Crippen molar-refractivity contribution in [1.29, 1.82) is 0 Å². The molecule has 0 atom stereocenters. The zero-order chi connectivity index (χ0) is 14.9. The fraction of sp³-hybridized carbons (Fsp3) is 0.412. The first-order chi connectivity index (χ1) is 10.2. The number of rotatable bonds is 4. The van der Waals surface area contributed by atoms with Crippen LogP contribution in [-0.4, -0.2) is 9.97 Å². The van der Waals surface area contributed by atoms with E-state index in [0.29, 0.717) is 13.1 Å². The molecule has 3 rings (SSSR count). The molecule has 1 aromatic heterocycles. The lowest BCUT2D eigenvalue weighted by molar-refractivity contribution is 0.445. The van der Waals surface area contributed by atoms with E-state index >= 15 is 0 Å². The predicted octanol–water partition coefficient (Wildman–Crippen LogP) is 2.48. The van der Waals surface area contributed by atoms with Crippen LogP contribution in [0.5, 0.6) is 0 Å². The highest BCUT2D eigenvalue weighted by atomic mass is 16.1. The van der Waals surface area contributed by atoms with Gasteiger partial charge in [-0.2, -0.15) is 0 Å². The SMILES string of the molecule is CCC(CC)(c1ccccc1)c1nc2c(c(=O)[nH]1)CNC2. The van der Waals surface area contributed by atoms with Gasteiger partial charge in [0.1, 0.15) is 5.82 Å². The zero-order valence-electron chi connectivity index (χ0n) is 12.6. The molecule has 1 aliphatic rings. The summed E-state index contributed by atoms with van der Waals surface area (Å²) in [5, 5.41) is 3.20. The van der Waals surface area contributed by atoms with Crippen LogP contribution in [0.2, 0.25) is 0 Å². The molecule has 2 heterocycles. The summed E-state index contributed by atoms with van der Waals surface area (Å²) in [5.74, 6) is 0.797. The number of fused-ring (bicyclic) bond motifs is 1. The lowest BCUT2D eigenvalue weighted by Crippen LogP contribution is -2.32. The lowest BCUT2D eigenvalue weighted by Gasteiger charge is -2.31. The second-order valence-corrected chi connectivity index (χ2v) is 5.60. The Morgan fingerprint density at radius 1 is 1.14 bits per heavy atom. The van der Waals surface area contributed by atoms with E-state index in [1.807, 2.05) is 18.2 Å². The van der Waals surface area contributed by atoms with E-state index in [1.165, 1.54) is 5.56 Å². The van der Waals surface area contributed by atoms with Gasteiger partial charge in [0, 0.05) is 13.1 Å². The molecule has 1 aliphatic heterocycles. The number of nitrogens with one attached hydrogen (secondary N) is 2. The summed E-state index contributed by atoms with van der Waals surface area (Å²) in [7, 11) is 0. The van der Waals surface area contributed by atoms with Crippen LogP contribution in [0.15, 0.2) is 35.1 Å². The summed E-state index contributed by atoms with van der Waals surface area (Å²) >= 11 is 0. The summed E-state index contributed by atoms with van der Waals surface area (Å²) in [6, 6.07) is 10.4. The minimum atomic E-state index is -0.224. The second-order valence-electron chi connectivity index (χ2n) is 5.60. The van der Waals surface area contributed by atoms with E-state index in [0.717, 1.165) is 29.9 Å². The standard InChI is InChI=1S/C17H21N3O/c1-3-17(4-2,12-8-6-5-7-9-12)16-19-14-11-18-10-13(14)15(21)20-16/h5-9,18H,3-4,10-11H2,1-2H3,(H,19,20,21). The molecule has 0 radical (unpaired) electrons. The molecule has 4 nitrogen and oxygen atoms in total. The molecule has 4 heteroatoms. The van der Waals surface area contributed by atoms with Crippen molar-refractivity contribution in [2.24, 2.45) is 0 Å². The van der Waals surface area contributed by atoms with Crippen LogP contribution in [0.3, 0.4) is 0 Å². The third kappa shape index (κ3) is 2.20. The Bertz CT molecular complexity index is 687. The number of H-pyrrole nitrogens is 1. The minimum Gasteiger partial charge on any atom is -0.309 e. The predicted molar refractivity (Wildman–Crippen MR) is 83.2 cm³/mol. The average molecular weight is 283 g/mol. The Balaban J connectivity index is 2.19. The molecule has 2 aromatic rings. The molecule has 0 aliphatic carbocycles. The van der Waals surface area contributed by atoms with Crippen LogP contribution in [0.4, 0.5) is 0 Å². The van der Waals surface area contributed by atoms with Crippen molar-refractivity contribution < 1.29 is 0 Å². The van der Waals surface area contributed by atoms with E-state index in [4.69, 9.17) is 4.98 Å². The van der Waals surface area contributed by atoms with E-state index in [1.54, 1.807) is 0 Å². The van der Waals surface area contributed by atoms with E-state index in [2.05, 4.69) is 36.3 Å². The van der Waals surface area contributed by atoms with Crippen LogP contribution in [0.1, 0.15) is 49.3 Å². The Kier molecular flexibility index (Phi) is 3.64. The topological polar surface area (TPSA) is 57.8 Å². The maximum atomic E-state index is 12.3. The molecule has 1 aromatic carbocycles. The minimum absolute atomic E-state index is 0.00204. The quantitative estimate of drug-likeness (QED) is 0.906. The van der Waals surface area contributed by atoms with Crippen LogP contribution < -0.4 is 10.9 Å². The van der Waals surface area contributed by atoms with Crippen molar-refractivity contribution in [3.63, 3.8) is 0 Å². The number of aromatic amines is 1. The summed E-state index contributed by atoms with van der Waals surface area (Å²) in [6.45, 7) is 5.61. The van der Waals surface area contributed by atoms with Gasteiger partial charge in [-0.05, 0) is 18.4 Å². The van der Waals surface area contributed by atoms with Gasteiger partial charge in [-0.25, -0.2) is 4.98 Å². The first-order valence-corrected chi connectivity index (χ1v) is 7.60. The van der Waals surface area contributed by atoms with E-state index < -0.39 is 0 Å². The van der Waals surface area contributed by atoms with Crippen molar-refractivity contribution in [3.8, 4) is 0 Å². The van der Waals surface area contributed by atoms with Gasteiger partial charge >= 0.3 is 0 Å². The van der Waals surface area contributed by atoms with E-state index in [-0.39, 0.29) is 11.0 Å². The summed E-state index contributed by atoms with van der Waals surface area (Å²) < 4.78 is 0. The molecule has 0 saturated heterocycles. The number of nitrogens with zero attached hydrogens (tertiary/aromatic N) is 1. The number of aromatic nitrogens is 2. The molecular formula is C17H21N3O. The number of benzene rings is 1. The van der Waals surface area contributed by atoms with Gasteiger partial charge in [-0.3, -0.25) is 4.79 Å². The maximum absolute atomic E-state index is 12.3. The normalized spacial score (nSPS) is 14.2. The second kappa shape index (κ2) is 5.45. The molecule has 0 unspecified atom stereocenters. The van der Waals surface area contributed by atoms with Crippen molar-refractivity contribution >= 4 is 0 Å². The largest absolute Gasteiger partial charge is 0.309 e. The Morgan fingerprint density at radius 3 is 2.52 bits per heavy atom. The van der Waals surface area contributed by atoms with Crippen molar-refractivity contribution in [1.82, 2.24) is 15.3 Å². The van der Waals surface area contributed by atoms with Gasteiger partial charge in [-0.15, -0.1) is 0 Å². The number of hydrogen-bond acceptors (Lipinski definition) is 3. The monoisotopic (exact) mass is 283 g/mol. The molecule has 0 bridgehead atoms. The lowest BCUT2D eigenvalue weighted by atomic mass is 9.75. The fourth-order valence-electron chi connectivity index (χ4n) is 3.29. The maximum Gasteiger partial charge on any atom is 0.255 e. The fourth-order valence-corrected chi connectivity index (χ4v) is 3.29. The Hall–Kier alpha value is -1.94. The Labute approximate surface area is 124 Å². The first kappa shape index (κ1) is 14.0. The van der Waals surface area contributed by atoms with Crippen molar-refractivity contribution in [3.05, 3.63) is 63.3 Å². The molecule has 0 amide bonds. The Morgan fingerprint density at radius 2 is 1.86 bits per heavy atom. The van der Waals surface area contributed by atoms with Gasteiger partial charge in [0.15, 0.2) is 0 Å². The highest BCUT2D eigenvalue weighted by Crippen LogP contribution is 2.36. The van der Waals surface area contributed by atoms with Gasteiger partial charge in [0.2, 0.25) is 0 Å². The van der Waals surface area contributed by atoms with Crippen molar-refractivity contribution in [2.45, 2.75) is 45.2 Å². The molecule has 2 N–H and O–H groups in total. The zero-order valence-corrected chi connectivity index (χ0v) is 12.6. The van der Waals surface area contributed by atoms with E-state index in [9.17, 15) is 4.79 Å². The highest BCUT2D eigenvalue weighted by Gasteiger charge is 2.34. The molecule has 0 fully saturated rings.